The van der Waals surface area contributed by atoms with Crippen LogP contribution < -0.4 is 10.0 Å². The minimum Gasteiger partial charge on any atom is -0.317 e. The van der Waals surface area contributed by atoms with Crippen LogP contribution in [0.15, 0.2) is 0 Å². The van der Waals surface area contributed by atoms with E-state index in [-0.39, 0.29) is 0 Å². The first-order valence-electron chi connectivity index (χ1n) is 6.05. The zero-order chi connectivity index (χ0) is 12.0. The molecule has 0 saturated carbocycles. The molecule has 1 atom stereocenters. The summed E-state index contributed by atoms with van der Waals surface area (Å²) in [6, 6.07) is 0. The van der Waals surface area contributed by atoms with Gasteiger partial charge in [-0.1, -0.05) is 13.8 Å². The van der Waals surface area contributed by atoms with Gasteiger partial charge in [-0.15, -0.1) is 0 Å². The molecule has 1 heterocycles. The number of hydrogen-bond acceptors (Lipinski definition) is 3. The van der Waals surface area contributed by atoms with Gasteiger partial charge in [0.15, 0.2) is 0 Å². The van der Waals surface area contributed by atoms with Gasteiger partial charge in [-0.25, -0.2) is 4.72 Å². The standard InChI is InChI=1S/C10H23N3O2S/c1-3-11-8-10-6-5-7-13(9-10)16(14,15)12-4-2/h10-12H,3-9H2,1-2H3. The smallest absolute Gasteiger partial charge is 0.279 e. The van der Waals surface area contributed by atoms with Crippen LogP contribution in [0.5, 0.6) is 0 Å². The SMILES string of the molecule is CCNCC1CCCN(S(=O)(=O)NCC)C1. The first kappa shape index (κ1) is 13.9. The Balaban J connectivity index is 2.49. The van der Waals surface area contributed by atoms with Crippen LogP contribution in [0.25, 0.3) is 0 Å². The summed E-state index contributed by atoms with van der Waals surface area (Å²) in [4.78, 5) is 0. The molecule has 5 nitrogen and oxygen atoms in total. The lowest BCUT2D eigenvalue weighted by atomic mass is 10.00. The highest BCUT2D eigenvalue weighted by molar-refractivity contribution is 7.87. The molecule has 1 aliphatic heterocycles. The maximum absolute atomic E-state index is 11.8. The summed E-state index contributed by atoms with van der Waals surface area (Å²) in [7, 11) is -3.24. The van der Waals surface area contributed by atoms with Gasteiger partial charge in [-0.3, -0.25) is 0 Å². The fraction of sp³-hybridized carbons (Fsp3) is 1.00. The van der Waals surface area contributed by atoms with Crippen molar-refractivity contribution in [3.63, 3.8) is 0 Å². The molecule has 0 aromatic carbocycles. The Bertz CT molecular complexity index is 292. The van der Waals surface area contributed by atoms with Crippen molar-refractivity contribution in [3.05, 3.63) is 0 Å². The zero-order valence-corrected chi connectivity index (χ0v) is 11.0. The summed E-state index contributed by atoms with van der Waals surface area (Å²) >= 11 is 0. The van der Waals surface area contributed by atoms with E-state index in [1.807, 2.05) is 0 Å². The molecule has 0 amide bonds. The van der Waals surface area contributed by atoms with E-state index in [0.29, 0.717) is 25.6 Å². The van der Waals surface area contributed by atoms with Gasteiger partial charge in [-0.05, 0) is 31.8 Å². The Hall–Kier alpha value is -0.170. The maximum atomic E-state index is 11.8. The molecule has 96 valence electrons. The maximum Gasteiger partial charge on any atom is 0.279 e. The van der Waals surface area contributed by atoms with Gasteiger partial charge in [0.25, 0.3) is 10.2 Å². The predicted molar refractivity (Wildman–Crippen MR) is 65.4 cm³/mol. The predicted octanol–water partition coefficient (Wildman–Crippen LogP) is 0.162. The number of rotatable bonds is 6. The molecule has 0 radical (unpaired) electrons. The minimum atomic E-state index is -3.24. The molecule has 1 aliphatic rings. The number of hydrogen-bond donors (Lipinski definition) is 2. The average molecular weight is 249 g/mol. The molecule has 1 fully saturated rings. The lowest BCUT2D eigenvalue weighted by Gasteiger charge is -2.31. The molecule has 16 heavy (non-hydrogen) atoms. The van der Waals surface area contributed by atoms with Gasteiger partial charge in [-0.2, -0.15) is 12.7 Å². The first-order chi connectivity index (χ1) is 7.60. The highest BCUT2D eigenvalue weighted by Gasteiger charge is 2.27. The van der Waals surface area contributed by atoms with Crippen LogP contribution in [0.2, 0.25) is 0 Å². The number of nitrogens with one attached hydrogen (secondary N) is 2. The van der Waals surface area contributed by atoms with E-state index >= 15 is 0 Å². The van der Waals surface area contributed by atoms with Gasteiger partial charge in [0.2, 0.25) is 0 Å². The highest BCUT2D eigenvalue weighted by Crippen LogP contribution is 2.17. The summed E-state index contributed by atoms with van der Waals surface area (Å²) in [5.41, 5.74) is 0. The molecule has 1 rings (SSSR count). The summed E-state index contributed by atoms with van der Waals surface area (Å²) in [6.07, 6.45) is 2.08. The van der Waals surface area contributed by atoms with Gasteiger partial charge >= 0.3 is 0 Å². The van der Waals surface area contributed by atoms with Gasteiger partial charge in [0.05, 0.1) is 0 Å². The van der Waals surface area contributed by atoms with Crippen LogP contribution in [0.3, 0.4) is 0 Å². The van der Waals surface area contributed by atoms with Crippen molar-refractivity contribution < 1.29 is 8.42 Å². The molecular weight excluding hydrogens is 226 g/mol. The van der Waals surface area contributed by atoms with E-state index in [4.69, 9.17) is 0 Å². The van der Waals surface area contributed by atoms with E-state index in [2.05, 4.69) is 17.0 Å². The summed E-state index contributed by atoms with van der Waals surface area (Å²) in [6.45, 7) is 7.47. The first-order valence-corrected chi connectivity index (χ1v) is 7.49. The van der Waals surface area contributed by atoms with Gasteiger partial charge in [0, 0.05) is 19.6 Å². The van der Waals surface area contributed by atoms with Crippen LogP contribution in [0, 0.1) is 5.92 Å². The molecule has 0 aliphatic carbocycles. The molecule has 1 unspecified atom stereocenters. The molecule has 0 aromatic rings. The van der Waals surface area contributed by atoms with E-state index in [1.165, 1.54) is 0 Å². The van der Waals surface area contributed by atoms with E-state index in [0.717, 1.165) is 25.9 Å². The second-order valence-electron chi connectivity index (χ2n) is 4.18. The monoisotopic (exact) mass is 249 g/mol. The van der Waals surface area contributed by atoms with Crippen LogP contribution in [0.4, 0.5) is 0 Å². The van der Waals surface area contributed by atoms with Gasteiger partial charge in [0.1, 0.15) is 0 Å². The fourth-order valence-electron chi connectivity index (χ4n) is 2.03. The Morgan fingerprint density at radius 3 is 2.69 bits per heavy atom. The number of piperidine rings is 1. The van der Waals surface area contributed by atoms with Crippen molar-refractivity contribution in [1.29, 1.82) is 0 Å². The van der Waals surface area contributed by atoms with E-state index < -0.39 is 10.2 Å². The molecular formula is C10H23N3O2S. The topological polar surface area (TPSA) is 61.4 Å². The molecule has 0 aromatic heterocycles. The number of nitrogens with zero attached hydrogens (tertiary/aromatic N) is 1. The highest BCUT2D eigenvalue weighted by atomic mass is 32.2. The lowest BCUT2D eigenvalue weighted by Crippen LogP contribution is -2.47. The third-order valence-corrected chi connectivity index (χ3v) is 4.50. The van der Waals surface area contributed by atoms with E-state index in [1.54, 1.807) is 11.2 Å². The third-order valence-electron chi connectivity index (χ3n) is 2.83. The van der Waals surface area contributed by atoms with Crippen molar-refractivity contribution in [2.45, 2.75) is 26.7 Å². The van der Waals surface area contributed by atoms with Crippen molar-refractivity contribution in [2.24, 2.45) is 5.92 Å². The van der Waals surface area contributed by atoms with Crippen LogP contribution in [-0.2, 0) is 10.2 Å². The molecule has 1 saturated heterocycles. The fourth-order valence-corrected chi connectivity index (χ4v) is 3.36. The Labute approximate surface area is 98.8 Å². The second kappa shape index (κ2) is 6.54. The lowest BCUT2D eigenvalue weighted by molar-refractivity contribution is 0.259. The van der Waals surface area contributed by atoms with Crippen LogP contribution in [-0.4, -0.2) is 45.4 Å². The Morgan fingerprint density at radius 1 is 1.31 bits per heavy atom. The van der Waals surface area contributed by atoms with Gasteiger partial charge < -0.3 is 5.32 Å². The van der Waals surface area contributed by atoms with Crippen LogP contribution in [0.1, 0.15) is 26.7 Å². The Morgan fingerprint density at radius 2 is 2.06 bits per heavy atom. The molecule has 0 spiro atoms. The molecule has 6 heteroatoms. The summed E-state index contributed by atoms with van der Waals surface area (Å²) in [5.74, 6) is 0.446. The quantitative estimate of drug-likeness (QED) is 0.705. The van der Waals surface area contributed by atoms with Crippen molar-refractivity contribution >= 4 is 10.2 Å². The normalized spacial score (nSPS) is 23.5. The van der Waals surface area contributed by atoms with Crippen molar-refractivity contribution in [1.82, 2.24) is 14.3 Å². The third kappa shape index (κ3) is 4.01. The second-order valence-corrected chi connectivity index (χ2v) is 5.93. The largest absolute Gasteiger partial charge is 0.317 e. The minimum absolute atomic E-state index is 0.446. The summed E-state index contributed by atoms with van der Waals surface area (Å²) < 4.78 is 27.7. The molecule has 2 N–H and O–H groups in total. The average Bonchev–Trinajstić information content (AvgIpc) is 2.27. The van der Waals surface area contributed by atoms with Crippen molar-refractivity contribution in [3.8, 4) is 0 Å². The molecule has 0 bridgehead atoms. The zero-order valence-electron chi connectivity index (χ0n) is 10.2. The van der Waals surface area contributed by atoms with Crippen LogP contribution >= 0.6 is 0 Å². The summed E-state index contributed by atoms with van der Waals surface area (Å²) in [5, 5.41) is 3.28. The van der Waals surface area contributed by atoms with Crippen molar-refractivity contribution in [2.75, 3.05) is 32.7 Å². The van der Waals surface area contributed by atoms with E-state index in [9.17, 15) is 8.42 Å². The Kier molecular flexibility index (Phi) is 5.68.